The first kappa shape index (κ1) is 14.0. The molecule has 2 rings (SSSR count). The fourth-order valence-electron chi connectivity index (χ4n) is 1.85. The third-order valence-corrected chi connectivity index (χ3v) is 2.96. The first-order valence-electron chi connectivity index (χ1n) is 6.52. The molecule has 0 fully saturated rings. The van der Waals surface area contributed by atoms with Gasteiger partial charge in [0, 0.05) is 12.0 Å². The molecular weight excluding hydrogens is 252 g/mol. The van der Waals surface area contributed by atoms with E-state index in [-0.39, 0.29) is 5.78 Å². The molecule has 0 N–H and O–H groups in total. The van der Waals surface area contributed by atoms with Gasteiger partial charge >= 0.3 is 5.97 Å². The molecule has 102 valence electrons. The molecule has 2 aromatic rings. The van der Waals surface area contributed by atoms with E-state index in [9.17, 15) is 9.59 Å². The molecule has 0 unspecified atom stereocenters. The van der Waals surface area contributed by atoms with Gasteiger partial charge in [0.05, 0.1) is 5.56 Å². The lowest BCUT2D eigenvalue weighted by Gasteiger charge is -2.05. The summed E-state index contributed by atoms with van der Waals surface area (Å²) in [5, 5.41) is 0. The highest BCUT2D eigenvalue weighted by molar-refractivity contribution is 5.96. The van der Waals surface area contributed by atoms with Crippen LogP contribution in [0, 0.1) is 6.92 Å². The molecule has 0 aliphatic carbocycles. The predicted molar refractivity (Wildman–Crippen MR) is 77.2 cm³/mol. The summed E-state index contributed by atoms with van der Waals surface area (Å²) in [6.45, 7) is 3.73. The molecule has 0 saturated carbocycles. The Labute approximate surface area is 118 Å². The number of esters is 1. The van der Waals surface area contributed by atoms with Crippen LogP contribution in [0.1, 0.15) is 39.6 Å². The summed E-state index contributed by atoms with van der Waals surface area (Å²) in [6, 6.07) is 13.8. The van der Waals surface area contributed by atoms with Crippen LogP contribution in [-0.4, -0.2) is 11.8 Å². The molecule has 3 heteroatoms. The second-order valence-electron chi connectivity index (χ2n) is 4.56. The zero-order chi connectivity index (χ0) is 14.5. The summed E-state index contributed by atoms with van der Waals surface area (Å²) in [5.41, 5.74) is 2.14. The summed E-state index contributed by atoms with van der Waals surface area (Å²) in [4.78, 5) is 23.5. The first-order valence-corrected chi connectivity index (χ1v) is 6.52. The minimum atomic E-state index is -0.400. The zero-order valence-corrected chi connectivity index (χ0v) is 11.6. The third kappa shape index (κ3) is 3.32. The molecule has 0 radical (unpaired) electrons. The molecule has 0 amide bonds. The molecule has 0 aliphatic rings. The van der Waals surface area contributed by atoms with E-state index in [2.05, 4.69) is 0 Å². The van der Waals surface area contributed by atoms with Crippen molar-refractivity contribution in [2.24, 2.45) is 0 Å². The Kier molecular flexibility index (Phi) is 4.31. The van der Waals surface area contributed by atoms with E-state index in [0.717, 1.165) is 5.56 Å². The van der Waals surface area contributed by atoms with Crippen LogP contribution in [0.3, 0.4) is 0 Å². The topological polar surface area (TPSA) is 43.4 Å². The van der Waals surface area contributed by atoms with E-state index in [1.165, 1.54) is 0 Å². The lowest BCUT2D eigenvalue weighted by molar-refractivity contribution is 0.0734. The van der Waals surface area contributed by atoms with Gasteiger partial charge in [-0.1, -0.05) is 24.6 Å². The highest BCUT2D eigenvalue weighted by atomic mass is 16.5. The van der Waals surface area contributed by atoms with Crippen molar-refractivity contribution in [1.82, 2.24) is 0 Å². The number of Topliss-reactive ketones (excluding diaryl/α,β-unsaturated/α-hetero) is 1. The quantitative estimate of drug-likeness (QED) is 0.481. The zero-order valence-electron chi connectivity index (χ0n) is 11.6. The van der Waals surface area contributed by atoms with E-state index in [1.807, 2.05) is 26.0 Å². The maximum atomic E-state index is 12.0. The van der Waals surface area contributed by atoms with Gasteiger partial charge in [-0.3, -0.25) is 4.79 Å². The third-order valence-electron chi connectivity index (χ3n) is 2.96. The number of carbonyl (C=O) groups is 2. The maximum Gasteiger partial charge on any atom is 0.343 e. The Hall–Kier alpha value is -2.42. The van der Waals surface area contributed by atoms with Crippen molar-refractivity contribution in [2.45, 2.75) is 20.3 Å². The van der Waals surface area contributed by atoms with Gasteiger partial charge in [-0.05, 0) is 43.3 Å². The van der Waals surface area contributed by atoms with Gasteiger partial charge in [-0.2, -0.15) is 0 Å². The summed E-state index contributed by atoms with van der Waals surface area (Å²) in [7, 11) is 0. The van der Waals surface area contributed by atoms with E-state index in [1.54, 1.807) is 36.4 Å². The van der Waals surface area contributed by atoms with Crippen LogP contribution >= 0.6 is 0 Å². The largest absolute Gasteiger partial charge is 0.423 e. The monoisotopic (exact) mass is 268 g/mol. The average Bonchev–Trinajstić information content (AvgIpc) is 2.47. The van der Waals surface area contributed by atoms with Crippen LogP contribution in [0.2, 0.25) is 0 Å². The van der Waals surface area contributed by atoms with Gasteiger partial charge in [0.15, 0.2) is 5.78 Å². The Balaban J connectivity index is 2.10. The predicted octanol–water partition coefficient (Wildman–Crippen LogP) is 3.81. The van der Waals surface area contributed by atoms with Gasteiger partial charge in [0.1, 0.15) is 5.75 Å². The maximum absolute atomic E-state index is 12.0. The lowest BCUT2D eigenvalue weighted by atomic mass is 10.1. The van der Waals surface area contributed by atoms with Crippen LogP contribution in [0.4, 0.5) is 0 Å². The number of carbonyl (C=O) groups excluding carboxylic acids is 2. The highest BCUT2D eigenvalue weighted by Crippen LogP contribution is 2.15. The van der Waals surface area contributed by atoms with Crippen molar-refractivity contribution < 1.29 is 14.3 Å². The van der Waals surface area contributed by atoms with Crippen molar-refractivity contribution in [3.8, 4) is 5.75 Å². The molecule has 3 nitrogen and oxygen atoms in total. The lowest BCUT2D eigenvalue weighted by Crippen LogP contribution is -2.08. The number of hydrogen-bond donors (Lipinski definition) is 0. The van der Waals surface area contributed by atoms with Gasteiger partial charge in [0.25, 0.3) is 0 Å². The van der Waals surface area contributed by atoms with Crippen LogP contribution in [0.25, 0.3) is 0 Å². The molecule has 0 heterocycles. The number of hydrogen-bond acceptors (Lipinski definition) is 3. The highest BCUT2D eigenvalue weighted by Gasteiger charge is 2.09. The number of ether oxygens (including phenoxy) is 1. The van der Waals surface area contributed by atoms with Gasteiger partial charge < -0.3 is 4.74 Å². The molecule has 2 aromatic carbocycles. The molecule has 0 aromatic heterocycles. The van der Waals surface area contributed by atoms with E-state index >= 15 is 0 Å². The van der Waals surface area contributed by atoms with Crippen molar-refractivity contribution in [3.63, 3.8) is 0 Å². The number of benzene rings is 2. The minimum Gasteiger partial charge on any atom is -0.423 e. The number of rotatable bonds is 4. The average molecular weight is 268 g/mol. The summed E-state index contributed by atoms with van der Waals surface area (Å²) >= 11 is 0. The van der Waals surface area contributed by atoms with Crippen LogP contribution in [0.15, 0.2) is 48.5 Å². The van der Waals surface area contributed by atoms with Crippen molar-refractivity contribution in [1.29, 1.82) is 0 Å². The second-order valence-corrected chi connectivity index (χ2v) is 4.56. The van der Waals surface area contributed by atoms with Crippen LogP contribution in [0.5, 0.6) is 5.75 Å². The van der Waals surface area contributed by atoms with Crippen molar-refractivity contribution in [2.75, 3.05) is 0 Å². The molecule has 0 spiro atoms. The Morgan fingerprint density at radius 3 is 2.30 bits per heavy atom. The molecule has 0 saturated heterocycles. The summed E-state index contributed by atoms with van der Waals surface area (Å²) < 4.78 is 5.27. The van der Waals surface area contributed by atoms with E-state index in [0.29, 0.717) is 23.3 Å². The van der Waals surface area contributed by atoms with Gasteiger partial charge in [-0.25, -0.2) is 4.79 Å². The van der Waals surface area contributed by atoms with E-state index < -0.39 is 5.97 Å². The van der Waals surface area contributed by atoms with Crippen molar-refractivity contribution in [3.05, 3.63) is 65.2 Å². The first-order chi connectivity index (χ1) is 9.60. The van der Waals surface area contributed by atoms with Crippen molar-refractivity contribution >= 4 is 11.8 Å². The van der Waals surface area contributed by atoms with Crippen LogP contribution < -0.4 is 4.74 Å². The van der Waals surface area contributed by atoms with E-state index in [4.69, 9.17) is 4.74 Å². The Morgan fingerprint density at radius 1 is 1.00 bits per heavy atom. The van der Waals surface area contributed by atoms with Crippen LogP contribution in [-0.2, 0) is 0 Å². The molecular formula is C17H16O3. The number of ketones is 1. The smallest absolute Gasteiger partial charge is 0.343 e. The Morgan fingerprint density at radius 2 is 1.70 bits per heavy atom. The fourth-order valence-corrected chi connectivity index (χ4v) is 1.85. The minimum absolute atomic E-state index is 0.0709. The molecule has 0 atom stereocenters. The Bertz CT molecular complexity index is 627. The molecule has 0 bridgehead atoms. The normalized spacial score (nSPS) is 10.1. The molecule has 0 aliphatic heterocycles. The number of aryl methyl sites for hydroxylation is 1. The second kappa shape index (κ2) is 6.15. The fraction of sp³-hybridized carbons (Fsp3) is 0.176. The summed E-state index contributed by atoms with van der Waals surface area (Å²) in [6.07, 6.45) is 0.461. The molecule has 20 heavy (non-hydrogen) atoms. The summed E-state index contributed by atoms with van der Waals surface area (Å²) in [5.74, 6) is 0.106. The van der Waals surface area contributed by atoms with Gasteiger partial charge in [0.2, 0.25) is 0 Å². The van der Waals surface area contributed by atoms with Gasteiger partial charge in [-0.15, -0.1) is 0 Å². The standard InChI is InChI=1S/C17H16O3/c1-3-16(18)13-7-9-15(10-8-13)20-17(19)14-6-4-5-12(2)11-14/h4-11H,3H2,1-2H3. The SMILES string of the molecule is CCC(=O)c1ccc(OC(=O)c2cccc(C)c2)cc1.